The van der Waals surface area contributed by atoms with E-state index in [0.29, 0.717) is 22.2 Å². The Morgan fingerprint density at radius 3 is 2.82 bits per heavy atom. The molecule has 2 rings (SSSR count). The molecule has 0 N–H and O–H groups in total. The van der Waals surface area contributed by atoms with Gasteiger partial charge in [0.1, 0.15) is 4.32 Å². The molecule has 0 spiro atoms. The topological polar surface area (TPSA) is 60.4 Å². The summed E-state index contributed by atoms with van der Waals surface area (Å²) in [6.07, 6.45) is 2.11. The lowest BCUT2D eigenvalue weighted by Crippen LogP contribution is -2.30. The Morgan fingerprint density at radius 2 is 2.14 bits per heavy atom. The van der Waals surface area contributed by atoms with Gasteiger partial charge in [0.05, 0.1) is 4.91 Å². The van der Waals surface area contributed by atoms with Gasteiger partial charge in [-0.3, -0.25) is 9.69 Å². The second-order valence-corrected chi connectivity index (χ2v) is 6.84. The molecule has 0 unspecified atom stereocenters. The van der Waals surface area contributed by atoms with Gasteiger partial charge in [-0.25, -0.2) is 0 Å². The Morgan fingerprint density at radius 1 is 1.41 bits per heavy atom. The first-order valence-corrected chi connectivity index (χ1v) is 8.13. The number of aryl methyl sites for hydroxylation is 2. The molecule has 1 aromatic carbocycles. The standard InChI is InChI=1S/C16H17NO3S2/c1-10-5-6-11(2)12(8-10)9-13-15(20)17(16(21)22-13)7-3-4-14(18)19/h5-6,8-9H,3-4,7H2,1-2H3,(H,18,19)/p-1/b13-9-. The predicted octanol–water partition coefficient (Wildman–Crippen LogP) is 2.03. The van der Waals surface area contributed by atoms with Crippen molar-refractivity contribution in [3.63, 3.8) is 0 Å². The molecule has 0 atom stereocenters. The summed E-state index contributed by atoms with van der Waals surface area (Å²) in [5.74, 6) is -1.27. The minimum Gasteiger partial charge on any atom is -0.550 e. The second kappa shape index (κ2) is 7.07. The molecule has 0 aliphatic carbocycles. The maximum Gasteiger partial charge on any atom is 0.266 e. The molecule has 0 radical (unpaired) electrons. The largest absolute Gasteiger partial charge is 0.550 e. The number of amides is 1. The van der Waals surface area contributed by atoms with Crippen molar-refractivity contribution in [1.82, 2.24) is 4.90 Å². The van der Waals surface area contributed by atoms with E-state index < -0.39 is 5.97 Å². The lowest BCUT2D eigenvalue weighted by molar-refractivity contribution is -0.305. The summed E-state index contributed by atoms with van der Waals surface area (Å²) in [5.41, 5.74) is 3.21. The van der Waals surface area contributed by atoms with Crippen LogP contribution < -0.4 is 5.11 Å². The zero-order valence-corrected chi connectivity index (χ0v) is 14.1. The Balaban J connectivity index is 2.15. The van der Waals surface area contributed by atoms with Crippen molar-refractivity contribution in [2.75, 3.05) is 6.54 Å². The van der Waals surface area contributed by atoms with Crippen LogP contribution in [0, 0.1) is 13.8 Å². The van der Waals surface area contributed by atoms with Crippen LogP contribution in [0.3, 0.4) is 0 Å². The Kier molecular flexibility index (Phi) is 5.37. The molecule has 4 nitrogen and oxygen atoms in total. The highest BCUT2D eigenvalue weighted by molar-refractivity contribution is 8.26. The van der Waals surface area contributed by atoms with Crippen LogP contribution in [0.1, 0.15) is 29.5 Å². The number of rotatable bonds is 5. The number of aliphatic carboxylic acids is 1. The fraction of sp³-hybridized carbons (Fsp3) is 0.312. The first kappa shape index (κ1) is 16.7. The summed E-state index contributed by atoms with van der Waals surface area (Å²) in [7, 11) is 0. The molecule has 6 heteroatoms. The monoisotopic (exact) mass is 334 g/mol. The van der Waals surface area contributed by atoms with E-state index in [0.717, 1.165) is 16.7 Å². The van der Waals surface area contributed by atoms with Crippen LogP contribution in [0.2, 0.25) is 0 Å². The number of thioether (sulfide) groups is 1. The molecule has 116 valence electrons. The molecule has 1 fully saturated rings. The lowest BCUT2D eigenvalue weighted by atomic mass is 10.1. The molecule has 1 saturated heterocycles. The number of carbonyl (C=O) groups excluding carboxylic acids is 2. The molecular weight excluding hydrogens is 318 g/mol. The highest BCUT2D eigenvalue weighted by Gasteiger charge is 2.31. The summed E-state index contributed by atoms with van der Waals surface area (Å²) in [6.45, 7) is 4.30. The van der Waals surface area contributed by atoms with Crippen molar-refractivity contribution in [2.45, 2.75) is 26.7 Å². The van der Waals surface area contributed by atoms with Crippen LogP contribution in [0.5, 0.6) is 0 Å². The van der Waals surface area contributed by atoms with Gasteiger partial charge in [0.2, 0.25) is 0 Å². The number of carbonyl (C=O) groups is 2. The van der Waals surface area contributed by atoms with E-state index in [4.69, 9.17) is 12.2 Å². The molecule has 1 aliphatic rings. The summed E-state index contributed by atoms with van der Waals surface area (Å²) in [6, 6.07) is 6.07. The van der Waals surface area contributed by atoms with Crippen molar-refractivity contribution in [1.29, 1.82) is 0 Å². The van der Waals surface area contributed by atoms with Crippen molar-refractivity contribution in [3.05, 3.63) is 39.8 Å². The zero-order chi connectivity index (χ0) is 16.3. The van der Waals surface area contributed by atoms with Crippen LogP contribution in [0.4, 0.5) is 0 Å². The number of hydrogen-bond donors (Lipinski definition) is 0. The number of hydrogen-bond acceptors (Lipinski definition) is 5. The lowest BCUT2D eigenvalue weighted by Gasteiger charge is -2.14. The fourth-order valence-electron chi connectivity index (χ4n) is 2.13. The predicted molar refractivity (Wildman–Crippen MR) is 90.0 cm³/mol. The van der Waals surface area contributed by atoms with Crippen LogP contribution >= 0.6 is 24.0 Å². The zero-order valence-electron chi connectivity index (χ0n) is 12.4. The molecule has 22 heavy (non-hydrogen) atoms. The number of nitrogens with zero attached hydrogens (tertiary/aromatic N) is 1. The number of thiocarbonyl (C=S) groups is 1. The average Bonchev–Trinajstić information content (AvgIpc) is 2.70. The van der Waals surface area contributed by atoms with E-state index in [1.807, 2.05) is 38.1 Å². The average molecular weight is 334 g/mol. The highest BCUT2D eigenvalue weighted by Crippen LogP contribution is 2.33. The molecule has 0 saturated carbocycles. The van der Waals surface area contributed by atoms with Crippen LogP contribution in [0.15, 0.2) is 23.1 Å². The molecule has 1 heterocycles. The van der Waals surface area contributed by atoms with E-state index in [1.54, 1.807) is 0 Å². The van der Waals surface area contributed by atoms with Gasteiger partial charge >= 0.3 is 0 Å². The molecule has 1 aromatic rings. The maximum atomic E-state index is 12.4. The van der Waals surface area contributed by atoms with Gasteiger partial charge in [-0.2, -0.15) is 0 Å². The third kappa shape index (κ3) is 3.96. The minimum atomic E-state index is -1.11. The smallest absolute Gasteiger partial charge is 0.266 e. The third-order valence-electron chi connectivity index (χ3n) is 3.36. The van der Waals surface area contributed by atoms with Gasteiger partial charge in [-0.15, -0.1) is 0 Å². The summed E-state index contributed by atoms with van der Waals surface area (Å²) >= 11 is 6.47. The Labute approximate surface area is 139 Å². The van der Waals surface area contributed by atoms with E-state index in [1.165, 1.54) is 16.7 Å². The molecule has 0 aromatic heterocycles. The Bertz CT molecular complexity index is 667. The second-order valence-electron chi connectivity index (χ2n) is 5.17. The first-order chi connectivity index (χ1) is 10.4. The third-order valence-corrected chi connectivity index (χ3v) is 4.74. The van der Waals surface area contributed by atoms with Gasteiger partial charge in [-0.1, -0.05) is 47.7 Å². The number of carboxylic acids is 1. The van der Waals surface area contributed by atoms with E-state index in [9.17, 15) is 14.7 Å². The van der Waals surface area contributed by atoms with Crippen LogP contribution in [0.25, 0.3) is 6.08 Å². The first-order valence-electron chi connectivity index (χ1n) is 6.91. The summed E-state index contributed by atoms with van der Waals surface area (Å²) in [5, 5.41) is 10.4. The van der Waals surface area contributed by atoms with E-state index in [2.05, 4.69) is 0 Å². The number of benzene rings is 1. The van der Waals surface area contributed by atoms with Crippen molar-refractivity contribution >= 4 is 46.3 Å². The summed E-state index contributed by atoms with van der Waals surface area (Å²) in [4.78, 5) is 24.9. The van der Waals surface area contributed by atoms with E-state index >= 15 is 0 Å². The van der Waals surface area contributed by atoms with Gasteiger partial charge in [0.25, 0.3) is 5.91 Å². The van der Waals surface area contributed by atoms with Crippen molar-refractivity contribution in [2.24, 2.45) is 0 Å². The molecule has 1 amide bonds. The van der Waals surface area contributed by atoms with Crippen LogP contribution in [-0.4, -0.2) is 27.6 Å². The Hall–Kier alpha value is -1.66. The van der Waals surface area contributed by atoms with Crippen molar-refractivity contribution in [3.8, 4) is 0 Å². The van der Waals surface area contributed by atoms with E-state index in [-0.39, 0.29) is 12.3 Å². The molecule has 1 aliphatic heterocycles. The van der Waals surface area contributed by atoms with Gasteiger partial charge in [0.15, 0.2) is 0 Å². The van der Waals surface area contributed by atoms with Crippen molar-refractivity contribution < 1.29 is 14.7 Å². The minimum absolute atomic E-state index is 0.0763. The van der Waals surface area contributed by atoms with Gasteiger partial charge < -0.3 is 9.90 Å². The van der Waals surface area contributed by atoms with Gasteiger partial charge in [-0.05, 0) is 43.9 Å². The van der Waals surface area contributed by atoms with Gasteiger partial charge in [0, 0.05) is 12.5 Å². The fourth-order valence-corrected chi connectivity index (χ4v) is 3.43. The SMILES string of the molecule is Cc1ccc(C)c(/C=C2\SC(=S)N(CCCC(=O)[O-])C2=O)c1. The van der Waals surface area contributed by atoms with Crippen LogP contribution in [-0.2, 0) is 9.59 Å². The molecule has 0 bridgehead atoms. The highest BCUT2D eigenvalue weighted by atomic mass is 32.2. The molecular formula is C16H16NO3S2-. The normalized spacial score (nSPS) is 16.6. The quantitative estimate of drug-likeness (QED) is 0.609. The maximum absolute atomic E-state index is 12.4. The summed E-state index contributed by atoms with van der Waals surface area (Å²) < 4.78 is 0.472. The number of carboxylic acid groups (broad SMARTS) is 1.